The van der Waals surface area contributed by atoms with Crippen LogP contribution < -0.4 is 9.34 Å². The Kier molecular flexibility index (Phi) is 8.54. The van der Waals surface area contributed by atoms with Gasteiger partial charge in [-0.25, -0.2) is 0 Å². The third-order valence-corrected chi connectivity index (χ3v) is 10.9. The highest BCUT2D eigenvalue weighted by Gasteiger charge is 2.22. The zero-order valence-electron chi connectivity index (χ0n) is 24.7. The first-order valence-electron chi connectivity index (χ1n) is 14.1. The third kappa shape index (κ3) is 5.92. The molecule has 0 radical (unpaired) electrons. The Morgan fingerprint density at radius 1 is 0.475 bits per heavy atom. The maximum atomic E-state index is 6.80. The average molecular weight is 579 g/mol. The van der Waals surface area contributed by atoms with Gasteiger partial charge in [0, 0.05) is 34.9 Å². The lowest BCUT2D eigenvalue weighted by Crippen LogP contribution is -2.34. The van der Waals surface area contributed by atoms with Gasteiger partial charge in [-0.1, -0.05) is 36.4 Å². The van der Waals surface area contributed by atoms with Crippen molar-refractivity contribution in [3.8, 4) is 0 Å². The second-order valence-corrected chi connectivity index (χ2v) is 13.9. The summed E-state index contributed by atoms with van der Waals surface area (Å²) in [6.07, 6.45) is 0. The summed E-state index contributed by atoms with van der Waals surface area (Å²) < 4.78 is 31.7. The van der Waals surface area contributed by atoms with Crippen LogP contribution in [0, 0.1) is 0 Å². The van der Waals surface area contributed by atoms with Crippen LogP contribution in [0.4, 0.5) is 0 Å². The van der Waals surface area contributed by atoms with Gasteiger partial charge >= 0.3 is 16.3 Å². The lowest BCUT2D eigenvalue weighted by Gasteiger charge is -2.26. The molecule has 4 aromatic carbocycles. The smallest absolute Gasteiger partial charge is 0.310 e. The Labute approximate surface area is 238 Å². The molecule has 4 bridgehead atoms. The van der Waals surface area contributed by atoms with E-state index in [1.54, 1.807) is 0 Å². The van der Waals surface area contributed by atoms with Crippen LogP contribution in [-0.2, 0) is 0 Å². The summed E-state index contributed by atoms with van der Waals surface area (Å²) in [5.41, 5.74) is 3.03. The SMILES string of the molecule is CC(C)N(C(C)C)p1oc2ccc3cccc(op(N(C(C)C)C(C)C)oc4ccc5cccc(o1)c5c4)c3c2. The van der Waals surface area contributed by atoms with Crippen molar-refractivity contribution >= 4 is 60.2 Å². The van der Waals surface area contributed by atoms with Crippen molar-refractivity contribution in [2.75, 3.05) is 9.34 Å². The molecule has 0 N–H and O–H groups in total. The minimum atomic E-state index is -1.48. The third-order valence-electron chi connectivity index (χ3n) is 6.84. The standard InChI is InChI=1S/C32H40N2O4P2/c1-21(2)33(22(3)4)39-35-27-17-15-26-12-10-14-32(30(26)19-27)38-40(34(23(5)6)24(7)8)36-28-18-16-25-11-9-13-31(37-39)29(25)20-28/h9-24H,1-8H3. The van der Waals surface area contributed by atoms with Crippen molar-refractivity contribution in [2.24, 2.45) is 0 Å². The minimum absolute atomic E-state index is 0.222. The van der Waals surface area contributed by atoms with Crippen molar-refractivity contribution in [1.82, 2.24) is 0 Å². The molecule has 6 nitrogen and oxygen atoms in total. The molecule has 2 unspecified atom stereocenters. The maximum Gasteiger partial charge on any atom is 0.310 e. The Morgan fingerprint density at radius 2 is 0.850 bits per heavy atom. The summed E-state index contributed by atoms with van der Waals surface area (Å²) in [7, 11) is -2.96. The average Bonchev–Trinajstić information content (AvgIpc) is 2.88. The van der Waals surface area contributed by atoms with E-state index in [4.69, 9.17) is 16.8 Å². The molecular weight excluding hydrogens is 538 g/mol. The topological polar surface area (TPSA) is 59.0 Å². The van der Waals surface area contributed by atoms with E-state index in [-0.39, 0.29) is 24.2 Å². The fourth-order valence-corrected chi connectivity index (χ4v) is 8.44. The van der Waals surface area contributed by atoms with Crippen molar-refractivity contribution in [3.05, 3.63) is 72.8 Å². The molecule has 0 aliphatic heterocycles. The molecule has 212 valence electrons. The Morgan fingerprint density at radius 3 is 1.20 bits per heavy atom. The van der Waals surface area contributed by atoms with Crippen molar-refractivity contribution in [3.63, 3.8) is 0 Å². The van der Waals surface area contributed by atoms with E-state index >= 15 is 0 Å². The van der Waals surface area contributed by atoms with Gasteiger partial charge in [0.25, 0.3) is 0 Å². The maximum absolute atomic E-state index is 6.80. The minimum Gasteiger partial charge on any atom is -0.408 e. The molecule has 1 heterocycles. The van der Waals surface area contributed by atoms with Gasteiger partial charge in [0.05, 0.1) is 0 Å². The predicted octanol–water partition coefficient (Wildman–Crippen LogP) is 11.0. The van der Waals surface area contributed by atoms with Gasteiger partial charge in [-0.2, -0.15) is 9.34 Å². The Hall–Kier alpha value is -2.88. The van der Waals surface area contributed by atoms with Crippen LogP contribution in [0.15, 0.2) is 89.6 Å². The molecule has 8 heteroatoms. The highest BCUT2D eigenvalue weighted by atomic mass is 31.1. The predicted molar refractivity (Wildman–Crippen MR) is 172 cm³/mol. The van der Waals surface area contributed by atoms with Gasteiger partial charge in [-0.15, -0.1) is 0 Å². The van der Waals surface area contributed by atoms with Crippen LogP contribution in [0.25, 0.3) is 43.9 Å². The molecule has 40 heavy (non-hydrogen) atoms. The van der Waals surface area contributed by atoms with Crippen molar-refractivity contribution in [1.29, 1.82) is 0 Å². The van der Waals surface area contributed by atoms with Crippen molar-refractivity contribution in [2.45, 2.75) is 79.6 Å². The van der Waals surface area contributed by atoms with Gasteiger partial charge in [0.15, 0.2) is 0 Å². The Bertz CT molecular complexity index is 1610. The molecule has 0 spiro atoms. The van der Waals surface area contributed by atoms with E-state index in [0.29, 0.717) is 0 Å². The fourth-order valence-electron chi connectivity index (χ4n) is 5.24. The summed E-state index contributed by atoms with van der Waals surface area (Å²) in [6.45, 7) is 17.4. The van der Waals surface area contributed by atoms with Crippen molar-refractivity contribution < 1.29 is 16.8 Å². The highest BCUT2D eigenvalue weighted by molar-refractivity contribution is 7.39. The molecule has 2 atom stereocenters. The van der Waals surface area contributed by atoms with Crippen LogP contribution in [0.3, 0.4) is 0 Å². The molecular formula is C32H40N2O4P2. The molecule has 0 saturated carbocycles. The van der Waals surface area contributed by atoms with E-state index in [9.17, 15) is 0 Å². The molecule has 0 amide bonds. The van der Waals surface area contributed by atoms with E-state index in [2.05, 4.69) is 101 Å². The zero-order chi connectivity index (χ0) is 28.6. The fraction of sp³-hybridized carbons (Fsp3) is 0.375. The number of hydrogen-bond acceptors (Lipinski definition) is 6. The molecule has 0 aliphatic carbocycles. The van der Waals surface area contributed by atoms with Gasteiger partial charge in [-0.05, 0) is 103 Å². The van der Waals surface area contributed by atoms with E-state index in [0.717, 1.165) is 43.9 Å². The number of nitrogens with zero attached hydrogens (tertiary/aromatic N) is 2. The number of benzene rings is 4. The largest absolute Gasteiger partial charge is 0.408 e. The van der Waals surface area contributed by atoms with E-state index in [1.165, 1.54) is 0 Å². The van der Waals surface area contributed by atoms with Gasteiger partial charge in [-0.3, -0.25) is 0 Å². The van der Waals surface area contributed by atoms with Crippen LogP contribution in [-0.4, -0.2) is 24.2 Å². The Balaban J connectivity index is 2.01. The summed E-state index contributed by atoms with van der Waals surface area (Å²) in [6, 6.07) is 25.5. The van der Waals surface area contributed by atoms with Crippen LogP contribution in [0.2, 0.25) is 0 Å². The first-order chi connectivity index (χ1) is 19.1. The van der Waals surface area contributed by atoms with Gasteiger partial charge in [0.1, 0.15) is 22.3 Å². The zero-order valence-corrected chi connectivity index (χ0v) is 26.4. The molecule has 5 rings (SSSR count). The number of hydrogen-bond donors (Lipinski definition) is 0. The molecule has 0 saturated heterocycles. The lowest BCUT2D eigenvalue weighted by atomic mass is 10.1. The molecule has 0 fully saturated rings. The summed E-state index contributed by atoms with van der Waals surface area (Å²) >= 11 is 0. The summed E-state index contributed by atoms with van der Waals surface area (Å²) in [4.78, 5) is 0. The second-order valence-electron chi connectivity index (χ2n) is 11.3. The van der Waals surface area contributed by atoms with Gasteiger partial charge in [0.2, 0.25) is 0 Å². The molecule has 0 aliphatic rings. The summed E-state index contributed by atoms with van der Waals surface area (Å²) in [5, 5.41) is 4.11. The number of fused-ring (bicyclic) bond motifs is 2. The first-order valence-corrected chi connectivity index (χ1v) is 16.3. The normalized spacial score (nSPS) is 13.2. The van der Waals surface area contributed by atoms with Crippen LogP contribution in [0.5, 0.6) is 0 Å². The van der Waals surface area contributed by atoms with Gasteiger partial charge < -0.3 is 16.8 Å². The van der Waals surface area contributed by atoms with E-state index in [1.807, 2.05) is 36.4 Å². The quantitative estimate of drug-likeness (QED) is 0.200. The van der Waals surface area contributed by atoms with Crippen LogP contribution in [0.1, 0.15) is 55.4 Å². The first kappa shape index (κ1) is 28.6. The van der Waals surface area contributed by atoms with Crippen LogP contribution >= 0.6 is 16.3 Å². The van der Waals surface area contributed by atoms with E-state index < -0.39 is 16.3 Å². The monoisotopic (exact) mass is 578 g/mol. The lowest BCUT2D eigenvalue weighted by molar-refractivity contribution is 0.565. The second kappa shape index (κ2) is 11.9. The molecule has 5 aromatic rings. The molecule has 1 aromatic heterocycles. The summed E-state index contributed by atoms with van der Waals surface area (Å²) in [5.74, 6) is 0. The highest BCUT2D eigenvalue weighted by Crippen LogP contribution is 2.39. The number of rotatable bonds is 6.